The number of hydrogen-bond acceptors (Lipinski definition) is 4. The summed E-state index contributed by atoms with van der Waals surface area (Å²) in [7, 11) is 0. The summed E-state index contributed by atoms with van der Waals surface area (Å²) in [6.07, 6.45) is 0.411. The summed E-state index contributed by atoms with van der Waals surface area (Å²) in [6.45, 7) is 4.33. The van der Waals surface area contributed by atoms with Crippen molar-refractivity contribution in [2.75, 3.05) is 19.7 Å². The Balaban J connectivity index is 1.67. The Kier molecular flexibility index (Phi) is 4.63. The molecule has 1 atom stereocenters. The van der Waals surface area contributed by atoms with E-state index < -0.39 is 11.2 Å². The third-order valence-electron chi connectivity index (χ3n) is 4.50. The molecule has 1 saturated heterocycles. The molecule has 25 heavy (non-hydrogen) atoms. The van der Waals surface area contributed by atoms with Gasteiger partial charge < -0.3 is 19.7 Å². The third kappa shape index (κ3) is 3.74. The van der Waals surface area contributed by atoms with E-state index in [0.29, 0.717) is 18.7 Å². The van der Waals surface area contributed by atoms with Crippen molar-refractivity contribution in [3.05, 3.63) is 63.6 Å². The van der Waals surface area contributed by atoms with Crippen LogP contribution in [0, 0.1) is 13.8 Å². The van der Waals surface area contributed by atoms with E-state index in [2.05, 4.69) is 4.98 Å². The Morgan fingerprint density at radius 3 is 2.76 bits per heavy atom. The first-order valence-electron chi connectivity index (χ1n) is 8.28. The highest BCUT2D eigenvalue weighted by atomic mass is 16.5. The Morgan fingerprint density at radius 1 is 1.28 bits per heavy atom. The number of aromatic amines is 1. The molecule has 0 aliphatic carbocycles. The smallest absolute Gasteiger partial charge is 0.260 e. The number of nitrogens with one attached hydrogen (secondary N) is 1. The van der Waals surface area contributed by atoms with E-state index in [-0.39, 0.29) is 24.6 Å². The van der Waals surface area contributed by atoms with Crippen molar-refractivity contribution >= 4 is 5.91 Å². The fourth-order valence-electron chi connectivity index (χ4n) is 2.99. The first-order valence-corrected chi connectivity index (χ1v) is 8.28. The van der Waals surface area contributed by atoms with Gasteiger partial charge in [0.2, 0.25) is 0 Å². The van der Waals surface area contributed by atoms with Gasteiger partial charge in [-0.1, -0.05) is 18.2 Å². The number of nitrogens with zero attached hydrogens (tertiary/aromatic N) is 1. The molecule has 0 bridgehead atoms. The average Bonchev–Trinajstić information content (AvgIpc) is 2.96. The summed E-state index contributed by atoms with van der Waals surface area (Å²) in [5.74, 6) is 0.351. The number of rotatable bonds is 4. The zero-order valence-electron chi connectivity index (χ0n) is 14.4. The second kappa shape index (κ2) is 6.72. The second-order valence-electron chi connectivity index (χ2n) is 6.64. The number of benzene rings is 1. The van der Waals surface area contributed by atoms with E-state index in [0.717, 1.165) is 11.3 Å². The monoisotopic (exact) mass is 342 g/mol. The Morgan fingerprint density at radius 2 is 2.04 bits per heavy atom. The minimum Gasteiger partial charge on any atom is -0.490 e. The predicted molar refractivity (Wildman–Crippen MR) is 93.9 cm³/mol. The number of pyridine rings is 1. The first-order chi connectivity index (χ1) is 11.9. The average molecular weight is 342 g/mol. The quantitative estimate of drug-likeness (QED) is 0.885. The number of carbonyl (C=O) groups excluding carboxylic acids is 1. The summed E-state index contributed by atoms with van der Waals surface area (Å²) < 4.78 is 5.74. The molecule has 1 aliphatic heterocycles. The van der Waals surface area contributed by atoms with Crippen LogP contribution < -0.4 is 10.3 Å². The van der Waals surface area contributed by atoms with Crippen molar-refractivity contribution in [2.45, 2.75) is 25.9 Å². The van der Waals surface area contributed by atoms with Crippen LogP contribution in [0.4, 0.5) is 0 Å². The van der Waals surface area contributed by atoms with Crippen molar-refractivity contribution in [3.8, 4) is 5.75 Å². The molecule has 6 heteroatoms. The summed E-state index contributed by atoms with van der Waals surface area (Å²) in [5, 5.41) is 10.7. The van der Waals surface area contributed by atoms with E-state index in [1.807, 2.05) is 31.2 Å². The molecule has 6 nitrogen and oxygen atoms in total. The third-order valence-corrected chi connectivity index (χ3v) is 4.50. The van der Waals surface area contributed by atoms with E-state index in [9.17, 15) is 14.7 Å². The van der Waals surface area contributed by atoms with Crippen LogP contribution in [0.3, 0.4) is 0 Å². The predicted octanol–water partition coefficient (Wildman–Crippen LogP) is 1.65. The lowest BCUT2D eigenvalue weighted by Gasteiger charge is -2.24. The van der Waals surface area contributed by atoms with Crippen LogP contribution in [0.5, 0.6) is 5.75 Å². The highest BCUT2D eigenvalue weighted by Crippen LogP contribution is 2.25. The van der Waals surface area contributed by atoms with Crippen LogP contribution in [0.15, 0.2) is 41.2 Å². The summed E-state index contributed by atoms with van der Waals surface area (Å²) >= 11 is 0. The fraction of sp³-hybridized carbons (Fsp3) is 0.368. The molecular weight excluding hydrogens is 320 g/mol. The maximum Gasteiger partial charge on any atom is 0.260 e. The van der Waals surface area contributed by atoms with Crippen molar-refractivity contribution < 1.29 is 14.6 Å². The van der Waals surface area contributed by atoms with Crippen LogP contribution in [0.25, 0.3) is 0 Å². The molecule has 0 radical (unpaired) electrons. The number of likely N-dealkylation sites (tertiary alicyclic amines) is 1. The fourth-order valence-corrected chi connectivity index (χ4v) is 2.99. The number of para-hydroxylation sites is 1. The lowest BCUT2D eigenvalue weighted by atomic mass is 10.1. The lowest BCUT2D eigenvalue weighted by molar-refractivity contribution is 0.00411. The van der Waals surface area contributed by atoms with Gasteiger partial charge in [0.05, 0.1) is 6.54 Å². The minimum atomic E-state index is -1.12. The van der Waals surface area contributed by atoms with E-state index in [1.165, 1.54) is 11.0 Å². The van der Waals surface area contributed by atoms with Gasteiger partial charge in [-0.25, -0.2) is 0 Å². The summed E-state index contributed by atoms with van der Waals surface area (Å²) in [5.41, 5.74) is 0.260. The van der Waals surface area contributed by atoms with Crippen LogP contribution in [-0.2, 0) is 0 Å². The number of aliphatic hydroxyl groups is 1. The molecule has 2 N–H and O–H groups in total. The van der Waals surface area contributed by atoms with Crippen LogP contribution in [-0.4, -0.2) is 46.2 Å². The van der Waals surface area contributed by atoms with E-state index >= 15 is 0 Å². The summed E-state index contributed by atoms with van der Waals surface area (Å²) in [4.78, 5) is 28.6. The number of β-amino-alcohol motifs (C(OH)–C–C–N with tert-alkyl or cyclic N) is 1. The molecule has 1 aromatic carbocycles. The van der Waals surface area contributed by atoms with Gasteiger partial charge in [0, 0.05) is 12.2 Å². The number of aryl methyl sites for hydroxylation is 2. The molecule has 3 rings (SSSR count). The van der Waals surface area contributed by atoms with Crippen molar-refractivity contribution in [1.82, 2.24) is 9.88 Å². The van der Waals surface area contributed by atoms with E-state index in [1.54, 1.807) is 13.0 Å². The zero-order valence-corrected chi connectivity index (χ0v) is 14.4. The van der Waals surface area contributed by atoms with Crippen LogP contribution >= 0.6 is 0 Å². The van der Waals surface area contributed by atoms with Gasteiger partial charge in [-0.3, -0.25) is 9.59 Å². The SMILES string of the molecule is Cc1ccc(C(=O)N2CCC(O)(COc3ccccc3C)C2)c(=O)[nH]1. The molecule has 1 aliphatic rings. The van der Waals surface area contributed by atoms with Gasteiger partial charge in [0.15, 0.2) is 0 Å². The Bertz CT molecular complexity index is 845. The van der Waals surface area contributed by atoms with Crippen molar-refractivity contribution in [3.63, 3.8) is 0 Å². The number of carbonyl (C=O) groups is 1. The molecule has 1 fully saturated rings. The highest BCUT2D eigenvalue weighted by molar-refractivity contribution is 5.94. The largest absolute Gasteiger partial charge is 0.490 e. The lowest BCUT2D eigenvalue weighted by Crippen LogP contribution is -2.41. The van der Waals surface area contributed by atoms with Crippen LogP contribution in [0.1, 0.15) is 28.0 Å². The maximum absolute atomic E-state index is 12.5. The molecule has 132 valence electrons. The molecule has 1 unspecified atom stereocenters. The number of H-pyrrole nitrogens is 1. The number of hydrogen-bond donors (Lipinski definition) is 2. The Labute approximate surface area is 146 Å². The first kappa shape index (κ1) is 17.2. The molecule has 2 heterocycles. The van der Waals surface area contributed by atoms with Gasteiger partial charge in [-0.15, -0.1) is 0 Å². The topological polar surface area (TPSA) is 82.6 Å². The molecule has 2 aromatic rings. The van der Waals surface area contributed by atoms with Crippen molar-refractivity contribution in [1.29, 1.82) is 0 Å². The summed E-state index contributed by atoms with van der Waals surface area (Å²) in [6, 6.07) is 10.8. The Hall–Kier alpha value is -2.60. The molecule has 1 amide bonds. The maximum atomic E-state index is 12.5. The number of ether oxygens (including phenoxy) is 1. The van der Waals surface area contributed by atoms with Crippen molar-refractivity contribution in [2.24, 2.45) is 0 Å². The van der Waals surface area contributed by atoms with Gasteiger partial charge in [-0.05, 0) is 44.0 Å². The molecular formula is C19H22N2O4. The highest BCUT2D eigenvalue weighted by Gasteiger charge is 2.39. The number of amides is 1. The molecule has 0 saturated carbocycles. The van der Waals surface area contributed by atoms with Gasteiger partial charge >= 0.3 is 0 Å². The van der Waals surface area contributed by atoms with E-state index in [4.69, 9.17) is 4.74 Å². The van der Waals surface area contributed by atoms with Gasteiger partial charge in [0.25, 0.3) is 11.5 Å². The van der Waals surface area contributed by atoms with Gasteiger partial charge in [-0.2, -0.15) is 0 Å². The number of aromatic nitrogens is 1. The molecule has 0 spiro atoms. The normalized spacial score (nSPS) is 19.9. The van der Waals surface area contributed by atoms with Crippen LogP contribution in [0.2, 0.25) is 0 Å². The second-order valence-corrected chi connectivity index (χ2v) is 6.64. The van der Waals surface area contributed by atoms with Gasteiger partial charge in [0.1, 0.15) is 23.5 Å². The standard InChI is InChI=1S/C19H22N2O4/c1-13-5-3-4-6-16(13)25-12-19(24)9-10-21(11-19)18(23)15-8-7-14(2)20-17(15)22/h3-8,24H,9-12H2,1-2H3,(H,20,22). The molecule has 1 aromatic heterocycles. The zero-order chi connectivity index (χ0) is 18.0. The minimum absolute atomic E-state index is 0.0923.